The normalized spacial score (nSPS) is 12.1. The summed E-state index contributed by atoms with van der Waals surface area (Å²) >= 11 is 0. The Hall–Kier alpha value is -1.78. The van der Waals surface area contributed by atoms with E-state index in [9.17, 15) is 9.59 Å². The van der Waals surface area contributed by atoms with Crippen LogP contribution in [0.25, 0.3) is 0 Å². The summed E-state index contributed by atoms with van der Waals surface area (Å²) in [5.41, 5.74) is 0.449. The van der Waals surface area contributed by atoms with Gasteiger partial charge in [0, 0.05) is 13.0 Å². The van der Waals surface area contributed by atoms with E-state index in [4.69, 9.17) is 9.52 Å². The Labute approximate surface area is 93.4 Å². The molecule has 1 rings (SSSR count). The van der Waals surface area contributed by atoms with Gasteiger partial charge in [-0.1, -0.05) is 13.3 Å². The van der Waals surface area contributed by atoms with E-state index in [1.807, 2.05) is 6.92 Å². The molecule has 0 aromatic carbocycles. The first-order valence-corrected chi connectivity index (χ1v) is 5.15. The minimum absolute atomic E-state index is 0.0339. The zero-order valence-corrected chi connectivity index (χ0v) is 9.10. The summed E-state index contributed by atoms with van der Waals surface area (Å²) in [6.07, 6.45) is 3.57. The molecule has 1 heterocycles. The van der Waals surface area contributed by atoms with Crippen LogP contribution in [0.3, 0.4) is 0 Å². The molecule has 0 aliphatic carbocycles. The summed E-state index contributed by atoms with van der Waals surface area (Å²) in [6, 6.07) is 1.56. The van der Waals surface area contributed by atoms with Crippen molar-refractivity contribution in [3.05, 3.63) is 24.2 Å². The average Bonchev–Trinajstić information content (AvgIpc) is 2.76. The Balaban J connectivity index is 2.38. The molecule has 0 saturated heterocycles. The Morgan fingerprint density at radius 1 is 1.56 bits per heavy atom. The fourth-order valence-corrected chi connectivity index (χ4v) is 1.34. The number of nitrogens with one attached hydrogen (secondary N) is 1. The van der Waals surface area contributed by atoms with Gasteiger partial charge < -0.3 is 14.8 Å². The van der Waals surface area contributed by atoms with Gasteiger partial charge in [-0.2, -0.15) is 0 Å². The van der Waals surface area contributed by atoms with Gasteiger partial charge in [-0.3, -0.25) is 9.59 Å². The predicted molar refractivity (Wildman–Crippen MR) is 57.1 cm³/mol. The lowest BCUT2D eigenvalue weighted by molar-refractivity contribution is -0.138. The van der Waals surface area contributed by atoms with Crippen molar-refractivity contribution in [2.75, 3.05) is 6.54 Å². The van der Waals surface area contributed by atoms with Crippen LogP contribution in [-0.2, 0) is 4.79 Å². The van der Waals surface area contributed by atoms with E-state index in [1.54, 1.807) is 6.07 Å². The zero-order chi connectivity index (χ0) is 12.0. The van der Waals surface area contributed by atoms with Crippen LogP contribution in [0.2, 0.25) is 0 Å². The maximum atomic E-state index is 11.5. The van der Waals surface area contributed by atoms with Gasteiger partial charge in [-0.25, -0.2) is 0 Å². The van der Waals surface area contributed by atoms with Gasteiger partial charge in [0.15, 0.2) is 0 Å². The SMILES string of the molecule is CCC(CNC(=O)c1ccoc1)CC(=O)O. The third-order valence-electron chi connectivity index (χ3n) is 2.38. The number of amides is 1. The van der Waals surface area contributed by atoms with Crippen LogP contribution in [0.4, 0.5) is 0 Å². The zero-order valence-electron chi connectivity index (χ0n) is 9.10. The molecule has 0 spiro atoms. The molecule has 1 unspecified atom stereocenters. The van der Waals surface area contributed by atoms with E-state index in [0.717, 1.165) is 6.42 Å². The highest BCUT2D eigenvalue weighted by Gasteiger charge is 2.13. The molecular weight excluding hydrogens is 210 g/mol. The first kappa shape index (κ1) is 12.3. The molecule has 88 valence electrons. The first-order valence-electron chi connectivity index (χ1n) is 5.15. The van der Waals surface area contributed by atoms with Gasteiger partial charge in [0.1, 0.15) is 6.26 Å². The number of carboxylic acid groups (broad SMARTS) is 1. The van der Waals surface area contributed by atoms with Crippen LogP contribution < -0.4 is 5.32 Å². The van der Waals surface area contributed by atoms with E-state index >= 15 is 0 Å². The molecule has 1 amide bonds. The van der Waals surface area contributed by atoms with Crippen LogP contribution in [0.1, 0.15) is 30.1 Å². The van der Waals surface area contributed by atoms with Crippen LogP contribution in [0, 0.1) is 5.92 Å². The Morgan fingerprint density at radius 2 is 2.31 bits per heavy atom. The molecule has 0 radical (unpaired) electrons. The lowest BCUT2D eigenvalue weighted by Gasteiger charge is -2.12. The van der Waals surface area contributed by atoms with Crippen molar-refractivity contribution in [3.63, 3.8) is 0 Å². The highest BCUT2D eigenvalue weighted by molar-refractivity contribution is 5.93. The van der Waals surface area contributed by atoms with Crippen molar-refractivity contribution in [1.29, 1.82) is 0 Å². The third kappa shape index (κ3) is 3.76. The molecule has 16 heavy (non-hydrogen) atoms. The summed E-state index contributed by atoms with van der Waals surface area (Å²) in [4.78, 5) is 22.0. The van der Waals surface area contributed by atoms with Gasteiger partial charge in [-0.15, -0.1) is 0 Å². The molecule has 5 heteroatoms. The van der Waals surface area contributed by atoms with Crippen LogP contribution in [-0.4, -0.2) is 23.5 Å². The Kier molecular flexibility index (Phi) is 4.57. The summed E-state index contributed by atoms with van der Waals surface area (Å²) in [5, 5.41) is 11.3. The molecule has 1 atom stereocenters. The highest BCUT2D eigenvalue weighted by Crippen LogP contribution is 2.07. The number of carbonyl (C=O) groups excluding carboxylic acids is 1. The van der Waals surface area contributed by atoms with Crippen molar-refractivity contribution in [1.82, 2.24) is 5.32 Å². The third-order valence-corrected chi connectivity index (χ3v) is 2.38. The molecule has 1 aromatic rings. The minimum Gasteiger partial charge on any atom is -0.481 e. The lowest BCUT2D eigenvalue weighted by Crippen LogP contribution is -2.29. The second kappa shape index (κ2) is 5.95. The van der Waals surface area contributed by atoms with E-state index < -0.39 is 5.97 Å². The van der Waals surface area contributed by atoms with E-state index in [-0.39, 0.29) is 18.2 Å². The van der Waals surface area contributed by atoms with E-state index in [2.05, 4.69) is 5.32 Å². The fraction of sp³-hybridized carbons (Fsp3) is 0.455. The summed E-state index contributed by atoms with van der Waals surface area (Å²) in [6.45, 7) is 2.27. The lowest BCUT2D eigenvalue weighted by atomic mass is 10.0. The van der Waals surface area contributed by atoms with Gasteiger partial charge in [0.2, 0.25) is 0 Å². The smallest absolute Gasteiger partial charge is 0.303 e. The number of hydrogen-bond donors (Lipinski definition) is 2. The van der Waals surface area contributed by atoms with Crippen molar-refractivity contribution >= 4 is 11.9 Å². The molecule has 0 aliphatic heterocycles. The Morgan fingerprint density at radius 3 is 2.81 bits per heavy atom. The maximum absolute atomic E-state index is 11.5. The molecule has 5 nitrogen and oxygen atoms in total. The number of rotatable bonds is 6. The van der Waals surface area contributed by atoms with E-state index in [1.165, 1.54) is 12.5 Å². The molecule has 0 saturated carbocycles. The average molecular weight is 225 g/mol. The minimum atomic E-state index is -0.843. The molecule has 0 aliphatic rings. The molecular formula is C11H15NO4. The van der Waals surface area contributed by atoms with Gasteiger partial charge in [0.25, 0.3) is 5.91 Å². The summed E-state index contributed by atoms with van der Waals surface area (Å²) in [7, 11) is 0. The summed E-state index contributed by atoms with van der Waals surface area (Å²) < 4.78 is 4.78. The topological polar surface area (TPSA) is 79.5 Å². The predicted octanol–water partition coefficient (Wildman–Crippen LogP) is 1.51. The largest absolute Gasteiger partial charge is 0.481 e. The second-order valence-electron chi connectivity index (χ2n) is 3.59. The molecule has 0 fully saturated rings. The maximum Gasteiger partial charge on any atom is 0.303 e. The second-order valence-corrected chi connectivity index (χ2v) is 3.59. The standard InChI is InChI=1S/C11H15NO4/c1-2-8(5-10(13)14)6-12-11(15)9-3-4-16-7-9/h3-4,7-8H,2,5-6H2,1H3,(H,12,15)(H,13,14). The quantitative estimate of drug-likeness (QED) is 0.769. The van der Waals surface area contributed by atoms with Crippen molar-refractivity contribution < 1.29 is 19.1 Å². The first-order chi connectivity index (χ1) is 7.63. The van der Waals surface area contributed by atoms with Crippen LogP contribution in [0.5, 0.6) is 0 Å². The number of furan rings is 1. The number of carbonyl (C=O) groups is 2. The molecule has 1 aromatic heterocycles. The van der Waals surface area contributed by atoms with Crippen molar-refractivity contribution in [2.24, 2.45) is 5.92 Å². The Bertz CT molecular complexity index is 345. The van der Waals surface area contributed by atoms with Gasteiger partial charge in [0.05, 0.1) is 11.8 Å². The van der Waals surface area contributed by atoms with Crippen LogP contribution in [0.15, 0.2) is 23.0 Å². The van der Waals surface area contributed by atoms with Crippen molar-refractivity contribution in [2.45, 2.75) is 19.8 Å². The highest BCUT2D eigenvalue weighted by atomic mass is 16.4. The van der Waals surface area contributed by atoms with Crippen LogP contribution >= 0.6 is 0 Å². The van der Waals surface area contributed by atoms with Gasteiger partial charge in [-0.05, 0) is 12.0 Å². The molecule has 2 N–H and O–H groups in total. The number of hydrogen-bond acceptors (Lipinski definition) is 3. The summed E-state index contributed by atoms with van der Waals surface area (Å²) in [5.74, 6) is -1.12. The van der Waals surface area contributed by atoms with Gasteiger partial charge >= 0.3 is 5.97 Å². The molecule has 0 bridgehead atoms. The fourth-order valence-electron chi connectivity index (χ4n) is 1.34. The van der Waals surface area contributed by atoms with Crippen molar-refractivity contribution in [3.8, 4) is 0 Å². The van der Waals surface area contributed by atoms with E-state index in [0.29, 0.717) is 12.1 Å². The number of carboxylic acids is 1. The number of aliphatic carboxylic acids is 1. The monoisotopic (exact) mass is 225 g/mol.